The molecule has 1 heterocycles. The van der Waals surface area contributed by atoms with Gasteiger partial charge in [0.25, 0.3) is 0 Å². The Balaban J connectivity index is 2.12. The lowest BCUT2D eigenvalue weighted by atomic mass is 10.0. The number of rotatable bonds is 2. The van der Waals surface area contributed by atoms with Gasteiger partial charge in [-0.2, -0.15) is 0 Å². The molecule has 1 aliphatic rings. The lowest BCUT2D eigenvalue weighted by Crippen LogP contribution is -2.27. The highest BCUT2D eigenvalue weighted by Crippen LogP contribution is 2.27. The summed E-state index contributed by atoms with van der Waals surface area (Å²) < 4.78 is 5.20. The quantitative estimate of drug-likeness (QED) is 0.873. The number of hydrogen-bond acceptors (Lipinski definition) is 4. The van der Waals surface area contributed by atoms with Crippen LogP contribution in [0.25, 0.3) is 0 Å². The molecule has 1 aliphatic heterocycles. The zero-order valence-corrected chi connectivity index (χ0v) is 11.3. The maximum absolute atomic E-state index is 5.20. The van der Waals surface area contributed by atoms with Crippen molar-refractivity contribution in [1.29, 1.82) is 0 Å². The van der Waals surface area contributed by atoms with E-state index in [1.807, 2.05) is 24.3 Å². The first-order valence-electron chi connectivity index (χ1n) is 5.73. The summed E-state index contributed by atoms with van der Waals surface area (Å²) in [5, 5.41) is 4.34. The predicted octanol–water partition coefficient (Wildman–Crippen LogP) is 3.38. The Kier molecular flexibility index (Phi) is 3.62. The van der Waals surface area contributed by atoms with Crippen molar-refractivity contribution >= 4 is 22.6 Å². The summed E-state index contributed by atoms with van der Waals surface area (Å²) in [5.41, 5.74) is 1.07. The van der Waals surface area contributed by atoms with Crippen LogP contribution in [0, 0.1) is 0 Å². The van der Waals surface area contributed by atoms with Crippen molar-refractivity contribution in [3.8, 4) is 5.75 Å². The van der Waals surface area contributed by atoms with E-state index >= 15 is 0 Å². The fraction of sp³-hybridized carbons (Fsp3) is 0.462. The van der Waals surface area contributed by atoms with E-state index in [1.54, 1.807) is 18.9 Å². The van der Waals surface area contributed by atoms with Gasteiger partial charge in [0.2, 0.25) is 0 Å². The highest BCUT2D eigenvalue weighted by molar-refractivity contribution is 8.14. The third-order valence-electron chi connectivity index (χ3n) is 2.68. The molecule has 4 heteroatoms. The molecule has 92 valence electrons. The number of thioether (sulfide) groups is 1. The molecular weight excluding hydrogens is 232 g/mol. The van der Waals surface area contributed by atoms with Crippen molar-refractivity contribution in [2.45, 2.75) is 25.8 Å². The van der Waals surface area contributed by atoms with E-state index in [1.165, 1.54) is 0 Å². The molecule has 17 heavy (non-hydrogen) atoms. The second-order valence-corrected chi connectivity index (χ2v) is 5.77. The Labute approximate surface area is 107 Å². The largest absolute Gasteiger partial charge is 0.497 e. The molecule has 0 amide bonds. The van der Waals surface area contributed by atoms with Gasteiger partial charge in [-0.25, -0.2) is 0 Å². The molecule has 0 bridgehead atoms. The van der Waals surface area contributed by atoms with Crippen LogP contribution in [0.4, 0.5) is 5.69 Å². The van der Waals surface area contributed by atoms with E-state index in [9.17, 15) is 0 Å². The highest BCUT2D eigenvalue weighted by Gasteiger charge is 2.22. The molecule has 2 rings (SSSR count). The summed E-state index contributed by atoms with van der Waals surface area (Å²) in [7, 11) is 1.68. The van der Waals surface area contributed by atoms with Crippen LogP contribution in [0.5, 0.6) is 5.75 Å². The molecule has 1 N–H and O–H groups in total. The maximum atomic E-state index is 5.20. The lowest BCUT2D eigenvalue weighted by molar-refractivity contribution is 0.415. The van der Waals surface area contributed by atoms with Crippen LogP contribution in [-0.4, -0.2) is 23.6 Å². The van der Waals surface area contributed by atoms with Crippen molar-refractivity contribution in [3.63, 3.8) is 0 Å². The maximum Gasteiger partial charge on any atom is 0.161 e. The van der Waals surface area contributed by atoms with E-state index in [0.29, 0.717) is 0 Å². The van der Waals surface area contributed by atoms with Crippen molar-refractivity contribution in [1.82, 2.24) is 0 Å². The van der Waals surface area contributed by atoms with E-state index in [2.05, 4.69) is 19.2 Å². The molecule has 0 radical (unpaired) electrons. The molecule has 0 spiro atoms. The van der Waals surface area contributed by atoms with Gasteiger partial charge in [0.05, 0.1) is 12.6 Å². The van der Waals surface area contributed by atoms with Gasteiger partial charge in [-0.1, -0.05) is 17.8 Å². The molecule has 3 nitrogen and oxygen atoms in total. The fourth-order valence-corrected chi connectivity index (χ4v) is 2.95. The van der Waals surface area contributed by atoms with Gasteiger partial charge in [-0.15, -0.1) is 0 Å². The summed E-state index contributed by atoms with van der Waals surface area (Å²) in [6.45, 7) is 4.33. The van der Waals surface area contributed by atoms with Gasteiger partial charge in [-0.05, 0) is 32.4 Å². The van der Waals surface area contributed by atoms with Crippen LogP contribution in [0.3, 0.4) is 0 Å². The van der Waals surface area contributed by atoms with Crippen LogP contribution in [0.15, 0.2) is 29.3 Å². The Morgan fingerprint density at radius 3 is 2.94 bits per heavy atom. The fourth-order valence-electron chi connectivity index (χ4n) is 1.65. The van der Waals surface area contributed by atoms with Crippen LogP contribution in [0.2, 0.25) is 0 Å². The monoisotopic (exact) mass is 250 g/mol. The predicted molar refractivity (Wildman–Crippen MR) is 75.2 cm³/mol. The topological polar surface area (TPSA) is 33.6 Å². The standard InChI is InChI=1S/C13H18N2OS/c1-13(2)7-8-17-12(15-13)14-10-5-4-6-11(9-10)16-3/h4-6,9H,7-8H2,1-3H3,(H,14,15). The van der Waals surface area contributed by atoms with E-state index < -0.39 is 0 Å². The minimum atomic E-state index is 0.0481. The number of hydrogen-bond donors (Lipinski definition) is 1. The van der Waals surface area contributed by atoms with Gasteiger partial charge >= 0.3 is 0 Å². The number of methoxy groups -OCH3 is 1. The average Bonchev–Trinajstić information content (AvgIpc) is 2.28. The first-order valence-corrected chi connectivity index (χ1v) is 6.71. The van der Waals surface area contributed by atoms with Crippen molar-refractivity contribution in [2.75, 3.05) is 18.2 Å². The number of nitrogens with one attached hydrogen (secondary N) is 1. The molecule has 0 saturated heterocycles. The van der Waals surface area contributed by atoms with Crippen molar-refractivity contribution in [2.24, 2.45) is 4.99 Å². The van der Waals surface area contributed by atoms with Gasteiger partial charge in [0, 0.05) is 17.5 Å². The van der Waals surface area contributed by atoms with E-state index in [4.69, 9.17) is 9.73 Å². The average molecular weight is 250 g/mol. The molecular formula is C13H18N2OS. The SMILES string of the molecule is COc1cccc(NC2=NC(C)(C)CCS2)c1. The Bertz CT molecular complexity index is 429. The van der Waals surface area contributed by atoms with E-state index in [0.717, 1.165) is 28.8 Å². The van der Waals surface area contributed by atoms with Gasteiger partial charge < -0.3 is 10.1 Å². The number of aliphatic imine (C=N–C) groups is 1. The van der Waals surface area contributed by atoms with Crippen LogP contribution in [-0.2, 0) is 0 Å². The molecule has 0 unspecified atom stereocenters. The first kappa shape index (κ1) is 12.3. The third kappa shape index (κ3) is 3.40. The number of nitrogens with zero attached hydrogens (tertiary/aromatic N) is 1. The summed E-state index contributed by atoms with van der Waals surface area (Å²) in [6.07, 6.45) is 1.13. The molecule has 0 atom stereocenters. The second kappa shape index (κ2) is 5.00. The first-order chi connectivity index (χ1) is 8.09. The molecule has 0 aliphatic carbocycles. The Hall–Kier alpha value is -1.16. The molecule has 0 saturated carbocycles. The third-order valence-corrected chi connectivity index (χ3v) is 3.55. The van der Waals surface area contributed by atoms with Gasteiger partial charge in [0.15, 0.2) is 5.17 Å². The van der Waals surface area contributed by atoms with E-state index in [-0.39, 0.29) is 5.54 Å². The summed E-state index contributed by atoms with van der Waals surface area (Å²) >= 11 is 1.77. The molecule has 0 fully saturated rings. The Morgan fingerprint density at radius 2 is 2.24 bits per heavy atom. The van der Waals surface area contributed by atoms with Crippen molar-refractivity contribution < 1.29 is 4.74 Å². The molecule has 1 aromatic carbocycles. The molecule has 1 aromatic rings. The van der Waals surface area contributed by atoms with Crippen molar-refractivity contribution in [3.05, 3.63) is 24.3 Å². The Morgan fingerprint density at radius 1 is 1.41 bits per heavy atom. The molecule has 0 aromatic heterocycles. The van der Waals surface area contributed by atoms with Gasteiger partial charge in [-0.3, -0.25) is 4.99 Å². The summed E-state index contributed by atoms with van der Waals surface area (Å²) in [4.78, 5) is 4.69. The zero-order valence-electron chi connectivity index (χ0n) is 10.5. The smallest absolute Gasteiger partial charge is 0.161 e. The van der Waals surface area contributed by atoms with Gasteiger partial charge in [0.1, 0.15) is 5.75 Å². The zero-order chi connectivity index (χ0) is 12.3. The lowest BCUT2D eigenvalue weighted by Gasteiger charge is -2.26. The second-order valence-electron chi connectivity index (χ2n) is 4.68. The number of benzene rings is 1. The number of ether oxygens (including phenoxy) is 1. The highest BCUT2D eigenvalue weighted by atomic mass is 32.2. The number of anilines is 1. The minimum Gasteiger partial charge on any atom is -0.497 e. The summed E-state index contributed by atoms with van der Waals surface area (Å²) in [6, 6.07) is 7.91. The normalized spacial score (nSPS) is 18.4. The minimum absolute atomic E-state index is 0.0481. The van der Waals surface area contributed by atoms with Crippen LogP contribution >= 0.6 is 11.8 Å². The van der Waals surface area contributed by atoms with Crippen LogP contribution in [0.1, 0.15) is 20.3 Å². The number of amidine groups is 1. The summed E-state index contributed by atoms with van der Waals surface area (Å²) in [5.74, 6) is 1.97. The van der Waals surface area contributed by atoms with Crippen LogP contribution < -0.4 is 10.1 Å².